The summed E-state index contributed by atoms with van der Waals surface area (Å²) in [5.74, 6) is 0.528. The summed E-state index contributed by atoms with van der Waals surface area (Å²) in [7, 11) is 0. The summed E-state index contributed by atoms with van der Waals surface area (Å²) in [4.78, 5) is 19.7. The van der Waals surface area contributed by atoms with Crippen molar-refractivity contribution >= 4 is 29.7 Å². The molecule has 1 aliphatic heterocycles. The summed E-state index contributed by atoms with van der Waals surface area (Å²) in [6, 6.07) is 3.59. The summed E-state index contributed by atoms with van der Waals surface area (Å²) in [5, 5.41) is 9.69. The van der Waals surface area contributed by atoms with Gasteiger partial charge in [0.25, 0.3) is 0 Å². The lowest BCUT2D eigenvalue weighted by Gasteiger charge is -2.19. The van der Waals surface area contributed by atoms with Crippen molar-refractivity contribution in [2.24, 2.45) is 0 Å². The van der Waals surface area contributed by atoms with E-state index in [-0.39, 0.29) is 11.5 Å². The monoisotopic (exact) mass is 360 g/mol. The van der Waals surface area contributed by atoms with Crippen molar-refractivity contribution < 1.29 is 19.4 Å². The highest BCUT2D eigenvalue weighted by molar-refractivity contribution is 6.32. The Morgan fingerprint density at radius 2 is 2.04 bits per heavy atom. The molecule has 0 saturated heterocycles. The summed E-state index contributed by atoms with van der Waals surface area (Å²) >= 11 is 6.22. The number of carboxylic acids is 1. The Kier molecular flexibility index (Phi) is 4.90. The van der Waals surface area contributed by atoms with E-state index in [0.717, 1.165) is 5.56 Å². The van der Waals surface area contributed by atoms with Crippen LogP contribution in [0, 0.1) is 0 Å². The number of ether oxygens (including phenoxy) is 2. The molecule has 0 unspecified atom stereocenters. The van der Waals surface area contributed by atoms with Crippen LogP contribution in [0.15, 0.2) is 18.3 Å². The lowest BCUT2D eigenvalue weighted by atomic mass is 10.1. The lowest BCUT2D eigenvalue weighted by molar-refractivity contribution is 0.0694. The summed E-state index contributed by atoms with van der Waals surface area (Å²) in [5.41, 5.74) is 1.43. The number of aromatic nitrogens is 2. The van der Waals surface area contributed by atoms with Crippen molar-refractivity contribution in [2.75, 3.05) is 13.2 Å². The third kappa shape index (κ3) is 3.74. The Morgan fingerprint density at radius 3 is 2.76 bits per heavy atom. The van der Waals surface area contributed by atoms with Crippen LogP contribution >= 0.6 is 11.6 Å². The maximum atomic E-state index is 11.3. The average molecular weight is 361 g/mol. The Morgan fingerprint density at radius 1 is 1.28 bits per heavy atom. The highest BCUT2D eigenvalue weighted by Crippen LogP contribution is 2.38. The van der Waals surface area contributed by atoms with Crippen LogP contribution in [0.1, 0.15) is 47.2 Å². The molecule has 0 bridgehead atoms. The van der Waals surface area contributed by atoms with E-state index >= 15 is 0 Å². The predicted molar refractivity (Wildman–Crippen MR) is 94.5 cm³/mol. The third-order valence-corrected chi connectivity index (χ3v) is 3.94. The number of carbonyl (C=O) groups is 1. The Hall–Kier alpha value is -2.60. The lowest BCUT2D eigenvalue weighted by Crippen LogP contribution is -2.15. The minimum Gasteiger partial charge on any atom is -0.486 e. The van der Waals surface area contributed by atoms with Gasteiger partial charge in [0.2, 0.25) is 0 Å². The number of hydrogen-bond acceptors (Lipinski definition) is 5. The number of hydrogen-bond donors (Lipinski definition) is 1. The molecule has 25 heavy (non-hydrogen) atoms. The minimum atomic E-state index is -1.03. The van der Waals surface area contributed by atoms with Gasteiger partial charge in [0.1, 0.15) is 13.2 Å². The van der Waals surface area contributed by atoms with Crippen molar-refractivity contribution in [1.29, 1.82) is 0 Å². The van der Waals surface area contributed by atoms with Gasteiger partial charge in [-0.25, -0.2) is 14.8 Å². The van der Waals surface area contributed by atoms with E-state index in [2.05, 4.69) is 9.97 Å². The Bertz CT molecular complexity index is 849. The molecular formula is C18H17ClN2O4. The standard InChI is InChI=1S/C18H17ClN2O4/c1-10(2)16-12(18(22)23)9-20-15(21-16)4-3-11-7-13(19)17-14(8-11)24-5-6-25-17/h3-4,7-10H,5-6H2,1-2H3,(H,22,23)/b4-3+. The van der Waals surface area contributed by atoms with Gasteiger partial charge in [-0.15, -0.1) is 0 Å². The molecule has 0 aliphatic carbocycles. The van der Waals surface area contributed by atoms with Crippen LogP contribution in [-0.2, 0) is 0 Å². The second kappa shape index (κ2) is 7.11. The average Bonchev–Trinajstić information content (AvgIpc) is 2.59. The molecule has 2 aromatic rings. The van der Waals surface area contributed by atoms with Crippen molar-refractivity contribution in [2.45, 2.75) is 19.8 Å². The number of fused-ring (bicyclic) bond motifs is 1. The van der Waals surface area contributed by atoms with E-state index in [1.54, 1.807) is 18.2 Å². The molecule has 3 rings (SSSR count). The van der Waals surface area contributed by atoms with Crippen LogP contribution in [0.4, 0.5) is 0 Å². The molecule has 130 valence electrons. The Labute approximate surface area is 150 Å². The van der Waals surface area contributed by atoms with Crippen LogP contribution in [0.3, 0.4) is 0 Å². The van der Waals surface area contributed by atoms with Crippen molar-refractivity contribution in [1.82, 2.24) is 9.97 Å². The topological polar surface area (TPSA) is 81.5 Å². The van der Waals surface area contributed by atoms with Gasteiger partial charge < -0.3 is 14.6 Å². The maximum Gasteiger partial charge on any atom is 0.339 e. The number of benzene rings is 1. The zero-order chi connectivity index (χ0) is 18.0. The van der Waals surface area contributed by atoms with E-state index in [9.17, 15) is 9.90 Å². The fraction of sp³-hybridized carbons (Fsp3) is 0.278. The van der Waals surface area contributed by atoms with Gasteiger partial charge in [-0.1, -0.05) is 31.5 Å². The first-order valence-electron chi connectivity index (χ1n) is 7.83. The van der Waals surface area contributed by atoms with Gasteiger partial charge in [0.15, 0.2) is 17.3 Å². The molecule has 2 heterocycles. The number of rotatable bonds is 4. The Balaban J connectivity index is 1.91. The first-order chi connectivity index (χ1) is 12.0. The van der Waals surface area contributed by atoms with Gasteiger partial charge in [0, 0.05) is 6.20 Å². The fourth-order valence-corrected chi connectivity index (χ4v) is 2.77. The normalized spacial score (nSPS) is 13.4. The van der Waals surface area contributed by atoms with Gasteiger partial charge in [-0.3, -0.25) is 0 Å². The molecule has 7 heteroatoms. The molecule has 0 spiro atoms. The number of halogens is 1. The molecule has 0 fully saturated rings. The van der Waals surface area contributed by atoms with Crippen LogP contribution in [-0.4, -0.2) is 34.3 Å². The number of carboxylic acid groups (broad SMARTS) is 1. The minimum absolute atomic E-state index is 0.0232. The zero-order valence-electron chi connectivity index (χ0n) is 13.8. The van der Waals surface area contributed by atoms with Crippen molar-refractivity contribution in [3.05, 3.63) is 46.0 Å². The fourth-order valence-electron chi connectivity index (χ4n) is 2.49. The van der Waals surface area contributed by atoms with Gasteiger partial charge in [-0.05, 0) is 29.7 Å². The van der Waals surface area contributed by atoms with E-state index in [0.29, 0.717) is 41.3 Å². The smallest absolute Gasteiger partial charge is 0.339 e. The maximum absolute atomic E-state index is 11.3. The molecule has 1 aromatic carbocycles. The van der Waals surface area contributed by atoms with Crippen molar-refractivity contribution in [3.8, 4) is 11.5 Å². The molecule has 0 saturated carbocycles. The zero-order valence-corrected chi connectivity index (χ0v) is 14.6. The second-order valence-corrected chi connectivity index (χ2v) is 6.25. The van der Waals surface area contributed by atoms with Crippen LogP contribution in [0.2, 0.25) is 5.02 Å². The van der Waals surface area contributed by atoms with E-state index in [1.165, 1.54) is 6.20 Å². The SMILES string of the molecule is CC(C)c1nc(/C=C/c2cc(Cl)c3c(c2)OCCO3)ncc1C(=O)O. The van der Waals surface area contributed by atoms with Crippen molar-refractivity contribution in [3.63, 3.8) is 0 Å². The quantitative estimate of drug-likeness (QED) is 0.890. The van der Waals surface area contributed by atoms with Crippen LogP contribution in [0.25, 0.3) is 12.2 Å². The summed E-state index contributed by atoms with van der Waals surface area (Å²) in [6.07, 6.45) is 4.84. The van der Waals surface area contributed by atoms with Gasteiger partial charge in [-0.2, -0.15) is 0 Å². The molecule has 0 amide bonds. The van der Waals surface area contributed by atoms with E-state index < -0.39 is 5.97 Å². The number of aromatic carboxylic acids is 1. The van der Waals surface area contributed by atoms with E-state index in [1.807, 2.05) is 19.9 Å². The third-order valence-electron chi connectivity index (χ3n) is 3.66. The largest absolute Gasteiger partial charge is 0.486 e. The first-order valence-corrected chi connectivity index (χ1v) is 8.21. The molecular weight excluding hydrogens is 344 g/mol. The molecule has 1 aliphatic rings. The van der Waals surface area contributed by atoms with Crippen LogP contribution < -0.4 is 9.47 Å². The van der Waals surface area contributed by atoms with Crippen LogP contribution in [0.5, 0.6) is 11.5 Å². The van der Waals surface area contributed by atoms with Gasteiger partial charge >= 0.3 is 5.97 Å². The molecule has 6 nitrogen and oxygen atoms in total. The molecule has 0 radical (unpaired) electrons. The predicted octanol–water partition coefficient (Wildman–Crippen LogP) is 3.89. The summed E-state index contributed by atoms with van der Waals surface area (Å²) in [6.45, 7) is 4.74. The number of nitrogens with zero attached hydrogens (tertiary/aromatic N) is 2. The second-order valence-electron chi connectivity index (χ2n) is 5.85. The summed E-state index contributed by atoms with van der Waals surface area (Å²) < 4.78 is 11.0. The van der Waals surface area contributed by atoms with Gasteiger partial charge in [0.05, 0.1) is 16.3 Å². The first kappa shape index (κ1) is 17.2. The molecule has 0 atom stereocenters. The molecule has 1 N–H and O–H groups in total. The molecule has 1 aromatic heterocycles. The highest BCUT2D eigenvalue weighted by atomic mass is 35.5. The highest BCUT2D eigenvalue weighted by Gasteiger charge is 2.17. The van der Waals surface area contributed by atoms with E-state index in [4.69, 9.17) is 21.1 Å².